The molecule has 2 rings (SSSR count). The van der Waals surface area contributed by atoms with E-state index in [0.29, 0.717) is 29.4 Å². The van der Waals surface area contributed by atoms with E-state index in [4.69, 9.17) is 9.26 Å². The van der Waals surface area contributed by atoms with Crippen LogP contribution in [0.5, 0.6) is 5.75 Å². The van der Waals surface area contributed by atoms with Gasteiger partial charge in [0.15, 0.2) is 0 Å². The molecule has 1 N–H and O–H groups in total. The predicted octanol–water partition coefficient (Wildman–Crippen LogP) is 2.51. The first-order chi connectivity index (χ1) is 9.10. The molecule has 1 heterocycles. The highest BCUT2D eigenvalue weighted by Gasteiger charge is 2.14. The summed E-state index contributed by atoms with van der Waals surface area (Å²) in [6, 6.07) is 6.28. The first kappa shape index (κ1) is 12.9. The number of anilines is 1. The molecule has 19 heavy (non-hydrogen) atoms. The van der Waals surface area contributed by atoms with E-state index in [1.807, 2.05) is 0 Å². The van der Waals surface area contributed by atoms with Crippen molar-refractivity contribution in [2.45, 2.75) is 13.5 Å². The molecule has 7 nitrogen and oxygen atoms in total. The molecule has 0 spiro atoms. The summed E-state index contributed by atoms with van der Waals surface area (Å²) in [6.07, 6.45) is 0. The smallest absolute Gasteiger partial charge is 0.292 e. The van der Waals surface area contributed by atoms with E-state index in [9.17, 15) is 10.1 Å². The van der Waals surface area contributed by atoms with Gasteiger partial charge in [0.2, 0.25) is 0 Å². The Labute approximate surface area is 109 Å². The number of nitro benzene ring substituents is 1. The summed E-state index contributed by atoms with van der Waals surface area (Å²) >= 11 is 0. The van der Waals surface area contributed by atoms with Crippen LogP contribution in [0.1, 0.15) is 11.5 Å². The Bertz CT molecular complexity index is 594. The fourth-order valence-corrected chi connectivity index (χ4v) is 1.63. The fourth-order valence-electron chi connectivity index (χ4n) is 1.63. The molecular formula is C12H13N3O4. The van der Waals surface area contributed by atoms with Gasteiger partial charge in [-0.3, -0.25) is 10.1 Å². The Hall–Kier alpha value is -2.57. The number of nitro groups is 1. The minimum atomic E-state index is -0.449. The quantitative estimate of drug-likeness (QED) is 0.658. The van der Waals surface area contributed by atoms with Gasteiger partial charge in [-0.15, -0.1) is 0 Å². The number of aryl methyl sites for hydroxylation is 1. The van der Waals surface area contributed by atoms with Gasteiger partial charge in [0, 0.05) is 18.2 Å². The van der Waals surface area contributed by atoms with Crippen molar-refractivity contribution in [3.63, 3.8) is 0 Å². The number of methoxy groups -OCH3 is 1. The van der Waals surface area contributed by atoms with Crippen LogP contribution in [0.4, 0.5) is 11.4 Å². The number of hydrogen-bond donors (Lipinski definition) is 1. The van der Waals surface area contributed by atoms with Gasteiger partial charge < -0.3 is 14.6 Å². The third-order valence-electron chi connectivity index (χ3n) is 2.54. The van der Waals surface area contributed by atoms with Crippen molar-refractivity contribution in [2.75, 3.05) is 12.4 Å². The summed E-state index contributed by atoms with van der Waals surface area (Å²) in [5.74, 6) is 1.24. The van der Waals surface area contributed by atoms with E-state index >= 15 is 0 Å². The maximum atomic E-state index is 10.9. The first-order valence-corrected chi connectivity index (χ1v) is 5.58. The van der Waals surface area contributed by atoms with Crippen molar-refractivity contribution in [1.29, 1.82) is 0 Å². The minimum absolute atomic E-state index is 0.0129. The number of benzene rings is 1. The Morgan fingerprint density at radius 1 is 1.47 bits per heavy atom. The molecule has 0 saturated heterocycles. The summed E-state index contributed by atoms with van der Waals surface area (Å²) in [6.45, 7) is 2.12. The maximum absolute atomic E-state index is 10.9. The van der Waals surface area contributed by atoms with E-state index in [1.165, 1.54) is 13.2 Å². The zero-order valence-electron chi connectivity index (χ0n) is 10.5. The lowest BCUT2D eigenvalue weighted by Crippen LogP contribution is -2.03. The van der Waals surface area contributed by atoms with Crippen LogP contribution in [0.15, 0.2) is 28.8 Å². The SMILES string of the molecule is COc1ccc([N+](=O)[O-])c(NCc2cc(C)on2)c1. The zero-order chi connectivity index (χ0) is 13.8. The molecule has 1 aromatic heterocycles. The molecule has 0 aliphatic rings. The highest BCUT2D eigenvalue weighted by Crippen LogP contribution is 2.29. The van der Waals surface area contributed by atoms with Crippen molar-refractivity contribution >= 4 is 11.4 Å². The topological polar surface area (TPSA) is 90.4 Å². The van der Waals surface area contributed by atoms with Gasteiger partial charge in [-0.05, 0) is 13.0 Å². The largest absolute Gasteiger partial charge is 0.497 e. The molecule has 0 aliphatic carbocycles. The summed E-state index contributed by atoms with van der Waals surface area (Å²) < 4.78 is 9.98. The van der Waals surface area contributed by atoms with Crippen molar-refractivity contribution < 1.29 is 14.2 Å². The Kier molecular flexibility index (Phi) is 3.65. The molecule has 1 aromatic carbocycles. The second-order valence-electron chi connectivity index (χ2n) is 3.92. The molecule has 0 unspecified atom stereocenters. The maximum Gasteiger partial charge on any atom is 0.292 e. The number of nitrogens with one attached hydrogen (secondary N) is 1. The molecule has 2 aromatic rings. The molecule has 100 valence electrons. The van der Waals surface area contributed by atoms with Crippen LogP contribution in [0.25, 0.3) is 0 Å². The lowest BCUT2D eigenvalue weighted by molar-refractivity contribution is -0.384. The highest BCUT2D eigenvalue weighted by atomic mass is 16.6. The van der Waals surface area contributed by atoms with Gasteiger partial charge in [-0.1, -0.05) is 5.16 Å². The average Bonchev–Trinajstić information content (AvgIpc) is 2.81. The molecule has 0 amide bonds. The third kappa shape index (κ3) is 3.01. The van der Waals surface area contributed by atoms with Crippen molar-refractivity contribution in [2.24, 2.45) is 0 Å². The summed E-state index contributed by atoms with van der Waals surface area (Å²) in [5.41, 5.74) is 1.04. The van der Waals surface area contributed by atoms with Crippen molar-refractivity contribution in [1.82, 2.24) is 5.16 Å². The van der Waals surface area contributed by atoms with E-state index in [0.717, 1.165) is 0 Å². The van der Waals surface area contributed by atoms with Crippen LogP contribution >= 0.6 is 0 Å². The Morgan fingerprint density at radius 3 is 2.84 bits per heavy atom. The Morgan fingerprint density at radius 2 is 2.26 bits per heavy atom. The standard InChI is InChI=1S/C12H13N3O4/c1-8-5-9(14-19-8)7-13-11-6-10(18-2)3-4-12(11)15(16)17/h3-6,13H,7H2,1-2H3. The van der Waals surface area contributed by atoms with E-state index in [-0.39, 0.29) is 5.69 Å². The van der Waals surface area contributed by atoms with Crippen molar-refractivity contribution in [3.05, 3.63) is 45.8 Å². The van der Waals surface area contributed by atoms with Crippen molar-refractivity contribution in [3.8, 4) is 5.75 Å². The molecule has 7 heteroatoms. The number of hydrogen-bond acceptors (Lipinski definition) is 6. The highest BCUT2D eigenvalue weighted by molar-refractivity contribution is 5.64. The number of nitrogens with zero attached hydrogens (tertiary/aromatic N) is 2. The third-order valence-corrected chi connectivity index (χ3v) is 2.54. The molecule has 0 aliphatic heterocycles. The van der Waals surface area contributed by atoms with Gasteiger partial charge in [-0.2, -0.15) is 0 Å². The van der Waals surface area contributed by atoms with Crippen LogP contribution in [-0.2, 0) is 6.54 Å². The van der Waals surface area contributed by atoms with Crippen LogP contribution in [0.3, 0.4) is 0 Å². The average molecular weight is 263 g/mol. The monoisotopic (exact) mass is 263 g/mol. The van der Waals surface area contributed by atoms with Crippen LogP contribution in [0.2, 0.25) is 0 Å². The number of rotatable bonds is 5. The molecule has 0 radical (unpaired) electrons. The van der Waals surface area contributed by atoms with E-state index in [2.05, 4.69) is 10.5 Å². The predicted molar refractivity (Wildman–Crippen MR) is 68.2 cm³/mol. The Balaban J connectivity index is 2.19. The van der Waals surface area contributed by atoms with Gasteiger partial charge in [0.05, 0.1) is 18.6 Å². The minimum Gasteiger partial charge on any atom is -0.497 e. The summed E-state index contributed by atoms with van der Waals surface area (Å²) in [5, 5.41) is 17.7. The van der Waals surface area contributed by atoms with E-state index < -0.39 is 4.92 Å². The van der Waals surface area contributed by atoms with Gasteiger partial charge in [0.25, 0.3) is 5.69 Å². The summed E-state index contributed by atoms with van der Waals surface area (Å²) in [4.78, 5) is 10.5. The molecule has 0 fully saturated rings. The molecule has 0 bridgehead atoms. The molecular weight excluding hydrogens is 250 g/mol. The molecule has 0 saturated carbocycles. The van der Waals surface area contributed by atoms with Crippen LogP contribution < -0.4 is 10.1 Å². The normalized spacial score (nSPS) is 10.2. The second kappa shape index (κ2) is 5.38. The van der Waals surface area contributed by atoms with E-state index in [1.54, 1.807) is 25.1 Å². The van der Waals surface area contributed by atoms with Crippen LogP contribution in [0, 0.1) is 17.0 Å². The van der Waals surface area contributed by atoms with Gasteiger partial charge >= 0.3 is 0 Å². The lowest BCUT2D eigenvalue weighted by atomic mass is 10.2. The molecule has 0 atom stereocenters. The first-order valence-electron chi connectivity index (χ1n) is 5.58. The van der Waals surface area contributed by atoms with Gasteiger partial charge in [-0.25, -0.2) is 0 Å². The van der Waals surface area contributed by atoms with Gasteiger partial charge in [0.1, 0.15) is 22.9 Å². The fraction of sp³-hybridized carbons (Fsp3) is 0.250. The second-order valence-corrected chi connectivity index (χ2v) is 3.92. The summed E-state index contributed by atoms with van der Waals surface area (Å²) in [7, 11) is 1.51. The van der Waals surface area contributed by atoms with Crippen LogP contribution in [-0.4, -0.2) is 17.2 Å². The lowest BCUT2D eigenvalue weighted by Gasteiger charge is -2.07. The number of ether oxygens (including phenoxy) is 1. The number of aromatic nitrogens is 1. The zero-order valence-corrected chi connectivity index (χ0v) is 10.5.